The number of rotatable bonds is 24. The molecule has 0 spiro atoms. The molecule has 0 unspecified atom stereocenters. The lowest BCUT2D eigenvalue weighted by Gasteiger charge is -2.28. The fraction of sp³-hybridized carbons (Fsp3) is 0.971. The van der Waals surface area contributed by atoms with Crippen LogP contribution in [-0.4, -0.2) is 55.3 Å². The van der Waals surface area contributed by atoms with Gasteiger partial charge in [0.2, 0.25) is 0 Å². The minimum atomic E-state index is -1.08. The van der Waals surface area contributed by atoms with Crippen LogP contribution >= 0.6 is 14.5 Å². The van der Waals surface area contributed by atoms with Gasteiger partial charge in [0.05, 0.1) is 49.3 Å². The monoisotopic (exact) mass is 656 g/mol. The number of halogens is 1. The summed E-state index contributed by atoms with van der Waals surface area (Å²) in [4.78, 5) is 8.89. The molecule has 0 radical (unpaired) electrons. The van der Waals surface area contributed by atoms with Crippen LogP contribution in [0.15, 0.2) is 0 Å². The number of aliphatic carboxylic acids is 1. The van der Waals surface area contributed by atoms with Crippen LogP contribution in [0, 0.1) is 0 Å². The van der Waals surface area contributed by atoms with Crippen molar-refractivity contribution in [3.8, 4) is 0 Å². The van der Waals surface area contributed by atoms with Crippen LogP contribution in [0.5, 0.6) is 0 Å². The maximum Gasteiger partial charge on any atom is 0.0594 e. The van der Waals surface area contributed by atoms with Gasteiger partial charge in [0.15, 0.2) is 0 Å². The molecule has 0 rings (SSSR count). The molecule has 2 nitrogen and oxygen atoms in total. The van der Waals surface area contributed by atoms with E-state index in [-0.39, 0.29) is 17.0 Å². The average molecular weight is 658 g/mol. The van der Waals surface area contributed by atoms with Crippen molar-refractivity contribution in [2.24, 2.45) is 0 Å². The van der Waals surface area contributed by atoms with Crippen molar-refractivity contribution in [2.75, 3.05) is 49.3 Å². The topological polar surface area (TPSA) is 40.1 Å². The Morgan fingerprint density at radius 2 is 0.513 bits per heavy atom. The van der Waals surface area contributed by atoms with E-state index in [0.29, 0.717) is 0 Å². The molecule has 0 saturated carbocycles. The van der Waals surface area contributed by atoms with Crippen LogP contribution < -0.4 is 22.1 Å². The van der Waals surface area contributed by atoms with Crippen molar-refractivity contribution in [1.82, 2.24) is 0 Å². The van der Waals surface area contributed by atoms with Crippen LogP contribution in [0.2, 0.25) is 0 Å². The average Bonchev–Trinajstić information content (AvgIpc) is 2.91. The van der Waals surface area contributed by atoms with Crippen molar-refractivity contribution in [3.63, 3.8) is 0 Å². The molecule has 0 aliphatic carbocycles. The molecule has 0 aliphatic rings. The predicted molar refractivity (Wildman–Crippen MR) is 183 cm³/mol. The molecule has 0 saturated heterocycles. The Bertz CT molecular complexity index is 359. The normalized spacial score (nSPS) is 11.1. The van der Waals surface area contributed by atoms with Gasteiger partial charge in [-0.25, -0.2) is 0 Å². The van der Waals surface area contributed by atoms with Gasteiger partial charge in [-0.2, -0.15) is 0 Å². The zero-order valence-corrected chi connectivity index (χ0v) is 31.9. The molecule has 5 heteroatoms. The summed E-state index contributed by atoms with van der Waals surface area (Å²) >= 11 is 0. The van der Waals surface area contributed by atoms with Crippen LogP contribution in [0.25, 0.3) is 0 Å². The number of carbonyl (C=O) groups is 1. The molecule has 0 amide bonds. The summed E-state index contributed by atoms with van der Waals surface area (Å²) in [5, 5.41) is 8.89. The van der Waals surface area contributed by atoms with E-state index in [1.165, 1.54) is 103 Å². The van der Waals surface area contributed by atoms with Gasteiger partial charge in [0.25, 0.3) is 0 Å². The zero-order valence-electron chi connectivity index (χ0n) is 28.6. The minimum absolute atomic E-state index is 0. The molecule has 0 aliphatic heterocycles. The molecule has 0 aromatic carbocycles. The number of carboxylic acids is 1. The molecule has 0 atom stereocenters. The third-order valence-corrected chi connectivity index (χ3v) is 18.0. The van der Waals surface area contributed by atoms with Crippen LogP contribution in [-0.2, 0) is 4.79 Å². The van der Waals surface area contributed by atoms with Gasteiger partial charge in [-0.1, -0.05) is 107 Å². The van der Waals surface area contributed by atoms with E-state index in [4.69, 9.17) is 9.90 Å². The maximum absolute atomic E-state index is 8.89. The number of hydrogen-bond acceptors (Lipinski definition) is 2. The minimum Gasteiger partial charge on any atom is -1.00 e. The largest absolute Gasteiger partial charge is 1.00 e. The summed E-state index contributed by atoms with van der Waals surface area (Å²) in [6.45, 7) is 19.8. The fourth-order valence-corrected chi connectivity index (χ4v) is 15.9. The van der Waals surface area contributed by atoms with Crippen LogP contribution in [0.4, 0.5) is 0 Å². The first kappa shape index (κ1) is 46.8. The lowest BCUT2D eigenvalue weighted by atomic mass is 10.4. The summed E-state index contributed by atoms with van der Waals surface area (Å²) in [6, 6.07) is 0. The Morgan fingerprint density at radius 1 is 0.410 bits per heavy atom. The Hall–Kier alpha value is 0.810. The van der Waals surface area contributed by atoms with Crippen LogP contribution in [0.1, 0.15) is 165 Å². The van der Waals surface area contributed by atoms with Crippen LogP contribution in [0.3, 0.4) is 0 Å². The van der Waals surface area contributed by atoms with Crippen molar-refractivity contribution in [1.29, 1.82) is 0 Å². The summed E-state index contributed by atoms with van der Waals surface area (Å²) in [5.74, 6) is -1.08. The molecule has 0 fully saturated rings. The highest BCUT2D eigenvalue weighted by molar-refractivity contribution is 7.76. The quantitative estimate of drug-likeness (QED) is 0.0983. The molecule has 0 N–H and O–H groups in total. The number of carbonyl (C=O) groups excluding carboxylic acids is 1. The van der Waals surface area contributed by atoms with Gasteiger partial charge in [-0.05, 0) is 58.3 Å². The Balaban J connectivity index is -0.000000270. The highest BCUT2D eigenvalue weighted by Gasteiger charge is 2.35. The van der Waals surface area contributed by atoms with E-state index in [2.05, 4.69) is 55.4 Å². The molecular weight excluding hydrogens is 582 g/mol. The molecule has 0 aromatic rings. The lowest BCUT2D eigenvalue weighted by molar-refractivity contribution is -0.302. The van der Waals surface area contributed by atoms with E-state index >= 15 is 0 Å². The van der Waals surface area contributed by atoms with Crippen molar-refractivity contribution in [2.45, 2.75) is 165 Å². The second-order valence-corrected chi connectivity index (χ2v) is 20.7. The number of unbranched alkanes of at least 4 members (excludes halogenated alkanes) is 8. The summed E-state index contributed by atoms with van der Waals surface area (Å²) in [6.07, 6.45) is 35.9. The second-order valence-electron chi connectivity index (χ2n) is 11.8. The predicted octanol–water partition coefficient (Wildman–Crippen LogP) is 8.17. The van der Waals surface area contributed by atoms with E-state index in [9.17, 15) is 0 Å². The molecular formula is C34H75BrO2P2. The summed E-state index contributed by atoms with van der Waals surface area (Å²) in [5.41, 5.74) is 0. The van der Waals surface area contributed by atoms with Gasteiger partial charge >= 0.3 is 0 Å². The van der Waals surface area contributed by atoms with Crippen molar-refractivity contribution in [3.05, 3.63) is 0 Å². The van der Waals surface area contributed by atoms with E-state index < -0.39 is 20.5 Å². The molecule has 0 heterocycles. The second kappa shape index (κ2) is 35.0. The Kier molecular flexibility index (Phi) is 42.0. The van der Waals surface area contributed by atoms with E-state index in [1.54, 1.807) is 49.3 Å². The van der Waals surface area contributed by atoms with Crippen molar-refractivity contribution >= 4 is 20.5 Å². The third-order valence-electron chi connectivity index (χ3n) is 7.89. The molecule has 240 valence electrons. The fourth-order valence-electron chi connectivity index (χ4n) is 5.29. The highest BCUT2D eigenvalue weighted by atomic mass is 79.9. The number of hydrogen-bond donors (Lipinski definition) is 0. The van der Waals surface area contributed by atoms with Gasteiger partial charge in [-0.3, -0.25) is 0 Å². The van der Waals surface area contributed by atoms with Gasteiger partial charge in [0.1, 0.15) is 0 Å². The summed E-state index contributed by atoms with van der Waals surface area (Å²) in [7, 11) is -1.12. The van der Waals surface area contributed by atoms with Gasteiger partial charge in [-0.15, -0.1) is 0 Å². The Morgan fingerprint density at radius 3 is 0.590 bits per heavy atom. The summed E-state index contributed by atoms with van der Waals surface area (Å²) < 4.78 is 0. The van der Waals surface area contributed by atoms with Gasteiger partial charge in [0, 0.05) is 20.5 Å². The maximum atomic E-state index is 8.89. The molecule has 0 bridgehead atoms. The SMILES string of the molecule is CC(=O)[O-].CCCC[P+](CCCC)(CCCC)CCCC.CCCC[P+](CCCC)(CCCC)CCCC.[Br-]. The molecule has 0 aromatic heterocycles. The number of carboxylic acid groups (broad SMARTS) is 1. The van der Waals surface area contributed by atoms with E-state index in [1.807, 2.05) is 0 Å². The first-order valence-electron chi connectivity index (χ1n) is 17.1. The Labute approximate surface area is 260 Å². The molecule has 39 heavy (non-hydrogen) atoms. The third kappa shape index (κ3) is 31.6. The first-order valence-corrected chi connectivity index (χ1v) is 22.2. The smallest absolute Gasteiger partial charge is 0.0594 e. The van der Waals surface area contributed by atoms with E-state index in [0.717, 1.165) is 6.92 Å². The zero-order chi connectivity index (χ0) is 29.5. The first-order chi connectivity index (χ1) is 18.2. The highest BCUT2D eigenvalue weighted by Crippen LogP contribution is 2.62. The van der Waals surface area contributed by atoms with Crippen molar-refractivity contribution < 1.29 is 26.9 Å². The van der Waals surface area contributed by atoms with Gasteiger partial charge < -0.3 is 26.9 Å². The lowest BCUT2D eigenvalue weighted by Crippen LogP contribution is -3.00. The standard InChI is InChI=1S/2C16H36P.C2H4O2.BrH/c2*1-5-9-13-17(14-10-6-2,15-11-7-3)16-12-8-4;1-2(3)4;/h2*5-16H2,1-4H3;1H3,(H,3,4);1H/q2*+1;;/p-2.